The monoisotopic (exact) mass is 411 g/mol. The van der Waals surface area contributed by atoms with Gasteiger partial charge in [-0.25, -0.2) is 0 Å². The second-order valence-electron chi connectivity index (χ2n) is 8.16. The van der Waals surface area contributed by atoms with Gasteiger partial charge in [-0.2, -0.15) is 9.61 Å². The first-order valence-corrected chi connectivity index (χ1v) is 10.0. The zero-order chi connectivity index (χ0) is 21.6. The summed E-state index contributed by atoms with van der Waals surface area (Å²) in [6, 6.07) is 0.0664. The number of nitrogens with one attached hydrogen (secondary N) is 1. The lowest BCUT2D eigenvalue weighted by Crippen LogP contribution is -2.36. The molecule has 0 saturated heterocycles. The maximum absolute atomic E-state index is 13.2. The van der Waals surface area contributed by atoms with Crippen LogP contribution in [0, 0.1) is 19.8 Å². The molecule has 2 N–H and O–H groups in total. The Bertz CT molecular complexity index is 1190. The average molecular weight is 411 g/mol. The zero-order valence-electron chi connectivity index (χ0n) is 17.5. The maximum atomic E-state index is 13.2. The number of nitrogens with zero attached hydrogens (tertiary/aromatic N) is 4. The predicted octanol–water partition coefficient (Wildman–Crippen LogP) is 2.53. The highest BCUT2D eigenvalue weighted by atomic mass is 16.5. The number of aryl methyl sites for hydroxylation is 2. The Kier molecular flexibility index (Phi) is 4.97. The van der Waals surface area contributed by atoms with Gasteiger partial charge >= 0.3 is 0 Å². The highest BCUT2D eigenvalue weighted by molar-refractivity contribution is 5.96. The fraction of sp³-hybridized carbons (Fsp3) is 0.429. The van der Waals surface area contributed by atoms with Crippen molar-refractivity contribution in [3.8, 4) is 5.88 Å². The molecule has 1 saturated carbocycles. The summed E-state index contributed by atoms with van der Waals surface area (Å²) in [7, 11) is 0. The van der Waals surface area contributed by atoms with Gasteiger partial charge in [0.2, 0.25) is 5.88 Å². The van der Waals surface area contributed by atoms with Gasteiger partial charge in [0.15, 0.2) is 5.56 Å². The Labute approximate surface area is 173 Å². The first-order chi connectivity index (χ1) is 14.3. The van der Waals surface area contributed by atoms with Crippen LogP contribution >= 0.6 is 0 Å². The zero-order valence-corrected chi connectivity index (χ0v) is 17.5. The van der Waals surface area contributed by atoms with Crippen molar-refractivity contribution >= 4 is 23.7 Å². The highest BCUT2D eigenvalue weighted by Gasteiger charge is 2.29. The largest absolute Gasteiger partial charge is 0.492 e. The fourth-order valence-electron chi connectivity index (χ4n) is 3.45. The lowest BCUT2D eigenvalue weighted by atomic mass is 10.1. The Morgan fingerprint density at radius 2 is 2.10 bits per heavy atom. The van der Waals surface area contributed by atoms with Crippen LogP contribution in [0.25, 0.3) is 17.8 Å². The van der Waals surface area contributed by atoms with E-state index in [2.05, 4.69) is 15.6 Å². The van der Waals surface area contributed by atoms with Crippen molar-refractivity contribution in [2.24, 2.45) is 5.92 Å². The summed E-state index contributed by atoms with van der Waals surface area (Å²) in [5.74, 6) is -0.195. The van der Waals surface area contributed by atoms with E-state index in [0.717, 1.165) is 24.1 Å². The predicted molar refractivity (Wildman–Crippen MR) is 111 cm³/mol. The third-order valence-corrected chi connectivity index (χ3v) is 5.12. The Morgan fingerprint density at radius 3 is 2.70 bits per heavy atom. The molecule has 0 unspecified atom stereocenters. The molecule has 4 rings (SSSR count). The number of hydrogen-bond acceptors (Lipinski definition) is 6. The average Bonchev–Trinajstić information content (AvgIpc) is 3.29. The molecule has 158 valence electrons. The summed E-state index contributed by atoms with van der Waals surface area (Å²) in [5.41, 5.74) is 1.85. The second-order valence-corrected chi connectivity index (χ2v) is 8.16. The van der Waals surface area contributed by atoms with E-state index in [-0.39, 0.29) is 17.5 Å². The molecular weight excluding hydrogens is 386 g/mol. The number of aromatic nitrogens is 4. The minimum atomic E-state index is -0.567. The summed E-state index contributed by atoms with van der Waals surface area (Å²) >= 11 is 0. The van der Waals surface area contributed by atoms with Crippen molar-refractivity contribution in [1.29, 1.82) is 0 Å². The number of amides is 1. The van der Waals surface area contributed by atoms with Gasteiger partial charge in [0.05, 0.1) is 11.9 Å². The summed E-state index contributed by atoms with van der Waals surface area (Å²) in [4.78, 5) is 25.9. The van der Waals surface area contributed by atoms with Crippen LogP contribution in [0.5, 0.6) is 5.88 Å². The number of carbonyl (C=O) groups excluding carboxylic acids is 1. The molecule has 3 heterocycles. The molecular formula is C21H25N5O4. The minimum Gasteiger partial charge on any atom is -0.492 e. The van der Waals surface area contributed by atoms with E-state index in [9.17, 15) is 14.7 Å². The lowest BCUT2D eigenvalue weighted by molar-refractivity contribution is 0.0944. The molecule has 9 nitrogen and oxygen atoms in total. The number of aromatic hydroxyl groups is 1. The van der Waals surface area contributed by atoms with E-state index >= 15 is 0 Å². The smallest absolute Gasteiger partial charge is 0.270 e. The molecule has 3 aromatic rings. The molecule has 0 aliphatic heterocycles. The molecule has 0 bridgehead atoms. The van der Waals surface area contributed by atoms with Gasteiger partial charge in [-0.1, -0.05) is 19.0 Å². The van der Waals surface area contributed by atoms with Crippen molar-refractivity contribution in [1.82, 2.24) is 24.7 Å². The SMILES string of the molecule is Cc1noc(C)c1C=Cc1cnn2c(O)c(C(=O)NC3CC3)c(=O)n(CC(C)C)c12. The fourth-order valence-corrected chi connectivity index (χ4v) is 3.45. The molecule has 30 heavy (non-hydrogen) atoms. The van der Waals surface area contributed by atoms with Gasteiger partial charge in [-0.05, 0) is 44.8 Å². The van der Waals surface area contributed by atoms with Crippen LogP contribution in [0.15, 0.2) is 15.5 Å². The first kappa shape index (κ1) is 19.9. The summed E-state index contributed by atoms with van der Waals surface area (Å²) in [6.07, 6.45) is 6.96. The van der Waals surface area contributed by atoms with Crippen LogP contribution in [0.2, 0.25) is 0 Å². The molecule has 0 atom stereocenters. The van der Waals surface area contributed by atoms with Crippen molar-refractivity contribution in [3.63, 3.8) is 0 Å². The van der Waals surface area contributed by atoms with E-state index in [0.29, 0.717) is 23.5 Å². The van der Waals surface area contributed by atoms with Gasteiger partial charge in [0, 0.05) is 23.7 Å². The minimum absolute atomic E-state index is 0.0664. The lowest BCUT2D eigenvalue weighted by Gasteiger charge is -2.15. The normalized spacial score (nSPS) is 14.3. The number of hydrogen-bond donors (Lipinski definition) is 2. The van der Waals surface area contributed by atoms with Gasteiger partial charge in [0.1, 0.15) is 11.4 Å². The first-order valence-electron chi connectivity index (χ1n) is 10.0. The Morgan fingerprint density at radius 1 is 1.37 bits per heavy atom. The molecule has 1 amide bonds. The summed E-state index contributed by atoms with van der Waals surface area (Å²) in [5, 5.41) is 21.7. The van der Waals surface area contributed by atoms with Crippen molar-refractivity contribution in [2.75, 3.05) is 0 Å². The Hall–Kier alpha value is -3.36. The molecule has 3 aromatic heterocycles. The second kappa shape index (κ2) is 7.47. The summed E-state index contributed by atoms with van der Waals surface area (Å²) < 4.78 is 7.94. The third-order valence-electron chi connectivity index (χ3n) is 5.12. The third kappa shape index (κ3) is 3.51. The summed E-state index contributed by atoms with van der Waals surface area (Å²) in [6.45, 7) is 8.01. The van der Waals surface area contributed by atoms with Crippen LogP contribution in [0.3, 0.4) is 0 Å². The van der Waals surface area contributed by atoms with Crippen molar-refractivity contribution in [2.45, 2.75) is 53.1 Å². The van der Waals surface area contributed by atoms with Crippen LogP contribution in [0.1, 0.15) is 59.6 Å². The molecule has 0 spiro atoms. The van der Waals surface area contributed by atoms with E-state index < -0.39 is 17.3 Å². The standard InChI is InChI=1S/C21H25N5O4/c1-11(2)10-25-19-14(5-8-16-12(3)24-30-13(16)4)9-22-26(19)21(29)17(20(25)28)18(27)23-15-6-7-15/h5,8-9,11,15,29H,6-7,10H2,1-4H3,(H,23,27). The van der Waals surface area contributed by atoms with Gasteiger partial charge in [0.25, 0.3) is 11.5 Å². The topological polar surface area (TPSA) is 115 Å². The van der Waals surface area contributed by atoms with Crippen LogP contribution < -0.4 is 10.9 Å². The van der Waals surface area contributed by atoms with Crippen LogP contribution in [0.4, 0.5) is 0 Å². The van der Waals surface area contributed by atoms with Crippen molar-refractivity contribution in [3.05, 3.63) is 44.7 Å². The Balaban J connectivity index is 1.88. The molecule has 1 fully saturated rings. The maximum Gasteiger partial charge on any atom is 0.270 e. The quantitative estimate of drug-likeness (QED) is 0.644. The molecule has 9 heteroatoms. The van der Waals surface area contributed by atoms with Crippen molar-refractivity contribution < 1.29 is 14.4 Å². The molecule has 0 aromatic carbocycles. The van der Waals surface area contributed by atoms with E-state index in [1.54, 1.807) is 12.3 Å². The van der Waals surface area contributed by atoms with E-state index in [1.807, 2.05) is 33.8 Å². The van der Waals surface area contributed by atoms with Gasteiger partial charge in [-0.3, -0.25) is 14.2 Å². The molecule has 1 aliphatic rings. The highest BCUT2D eigenvalue weighted by Crippen LogP contribution is 2.24. The molecule has 0 radical (unpaired) electrons. The van der Waals surface area contributed by atoms with Gasteiger partial charge in [-0.15, -0.1) is 0 Å². The number of fused-ring (bicyclic) bond motifs is 1. The van der Waals surface area contributed by atoms with Gasteiger partial charge < -0.3 is 14.9 Å². The van der Waals surface area contributed by atoms with E-state index in [1.165, 1.54) is 9.08 Å². The van der Waals surface area contributed by atoms with Crippen LogP contribution in [-0.4, -0.2) is 36.4 Å². The molecule has 1 aliphatic carbocycles. The number of carbonyl (C=O) groups is 1. The number of rotatable bonds is 6. The van der Waals surface area contributed by atoms with E-state index in [4.69, 9.17) is 4.52 Å². The van der Waals surface area contributed by atoms with Crippen LogP contribution in [-0.2, 0) is 6.54 Å².